The van der Waals surface area contributed by atoms with Crippen LogP contribution in [0.4, 0.5) is 0 Å². The fraction of sp³-hybridized carbons (Fsp3) is 0.714. The minimum absolute atomic E-state index is 1.12. The molecule has 0 aliphatic carbocycles. The van der Waals surface area contributed by atoms with Crippen molar-refractivity contribution in [1.29, 1.82) is 0 Å². The van der Waals surface area contributed by atoms with Gasteiger partial charge in [0.1, 0.15) is 0 Å². The largest absolute Gasteiger partial charge is 0.103 e. The molecule has 0 saturated carbocycles. The van der Waals surface area contributed by atoms with E-state index in [0.717, 1.165) is 6.42 Å². The number of hydrogen-bond acceptors (Lipinski definition) is 0. The van der Waals surface area contributed by atoms with E-state index in [2.05, 4.69) is 37.8 Å². The Kier molecular flexibility index (Phi) is 18.5. The topological polar surface area (TPSA) is 0 Å². The van der Waals surface area contributed by atoms with Gasteiger partial charge >= 0.3 is 0 Å². The summed E-state index contributed by atoms with van der Waals surface area (Å²) in [5.74, 6) is 0. The second-order valence-corrected chi connectivity index (χ2v) is 6.02. The van der Waals surface area contributed by atoms with Gasteiger partial charge in [0.25, 0.3) is 0 Å². The molecule has 0 radical (unpaired) electrons. The van der Waals surface area contributed by atoms with Crippen molar-refractivity contribution in [3.8, 4) is 0 Å². The van der Waals surface area contributed by atoms with Gasteiger partial charge in [0, 0.05) is 0 Å². The Morgan fingerprint density at radius 1 is 0.571 bits per heavy atom. The third kappa shape index (κ3) is 19.2. The SMILES string of the molecule is C=CCCCCCCCCC/C=C\C/C=C\CCCCC. The first-order valence-corrected chi connectivity index (χ1v) is 9.32. The van der Waals surface area contributed by atoms with Crippen molar-refractivity contribution in [1.82, 2.24) is 0 Å². The average Bonchev–Trinajstić information content (AvgIpc) is 2.50. The molecule has 0 bridgehead atoms. The second kappa shape index (κ2) is 19.2. The molecule has 0 atom stereocenters. The van der Waals surface area contributed by atoms with E-state index in [-0.39, 0.29) is 0 Å². The molecule has 0 aliphatic rings. The summed E-state index contributed by atoms with van der Waals surface area (Å²) in [5.41, 5.74) is 0. The molecular formula is C21H38. The first-order chi connectivity index (χ1) is 10.4. The van der Waals surface area contributed by atoms with Crippen molar-refractivity contribution in [2.75, 3.05) is 0 Å². The van der Waals surface area contributed by atoms with Gasteiger partial charge in [-0.3, -0.25) is 0 Å². The molecule has 0 fully saturated rings. The standard InChI is InChI=1S/C21H38/c1-3-5-7-9-11-13-15-17-19-21-20-18-16-14-12-10-8-6-4-2/h3,12,14,18,20H,1,4-11,13,15-17,19,21H2,2H3/b14-12-,20-18-. The maximum atomic E-state index is 3.76. The monoisotopic (exact) mass is 290 g/mol. The molecule has 0 aromatic rings. The first kappa shape index (κ1) is 20.2. The summed E-state index contributed by atoms with van der Waals surface area (Å²) in [7, 11) is 0. The van der Waals surface area contributed by atoms with Crippen molar-refractivity contribution < 1.29 is 0 Å². The van der Waals surface area contributed by atoms with Crippen LogP contribution >= 0.6 is 0 Å². The maximum Gasteiger partial charge on any atom is -0.0169 e. The molecule has 122 valence electrons. The molecular weight excluding hydrogens is 252 g/mol. The van der Waals surface area contributed by atoms with Gasteiger partial charge in [-0.25, -0.2) is 0 Å². The van der Waals surface area contributed by atoms with Gasteiger partial charge in [-0.1, -0.05) is 82.2 Å². The minimum atomic E-state index is 1.12. The Morgan fingerprint density at radius 2 is 1.05 bits per heavy atom. The zero-order valence-electron chi connectivity index (χ0n) is 14.5. The van der Waals surface area contributed by atoms with Crippen LogP contribution in [-0.2, 0) is 0 Å². The molecule has 0 unspecified atom stereocenters. The molecule has 0 N–H and O–H groups in total. The quantitative estimate of drug-likeness (QED) is 0.201. The van der Waals surface area contributed by atoms with Crippen LogP contribution in [0.1, 0.15) is 96.8 Å². The van der Waals surface area contributed by atoms with Crippen LogP contribution in [-0.4, -0.2) is 0 Å². The van der Waals surface area contributed by atoms with Gasteiger partial charge in [-0.2, -0.15) is 0 Å². The van der Waals surface area contributed by atoms with E-state index < -0.39 is 0 Å². The maximum absolute atomic E-state index is 3.76. The van der Waals surface area contributed by atoms with Crippen molar-refractivity contribution in [2.24, 2.45) is 0 Å². The van der Waals surface area contributed by atoms with Gasteiger partial charge in [-0.05, 0) is 44.9 Å². The summed E-state index contributed by atoms with van der Waals surface area (Å²) < 4.78 is 0. The fourth-order valence-electron chi connectivity index (χ4n) is 2.45. The van der Waals surface area contributed by atoms with Crippen LogP contribution in [0.2, 0.25) is 0 Å². The first-order valence-electron chi connectivity index (χ1n) is 9.32. The predicted octanol–water partition coefficient (Wildman–Crippen LogP) is 7.77. The highest BCUT2D eigenvalue weighted by Gasteiger charge is 1.90. The lowest BCUT2D eigenvalue weighted by atomic mass is 10.1. The van der Waals surface area contributed by atoms with Crippen molar-refractivity contribution in [3.63, 3.8) is 0 Å². The lowest BCUT2D eigenvalue weighted by Gasteiger charge is -1.99. The van der Waals surface area contributed by atoms with Crippen LogP contribution in [0, 0.1) is 0 Å². The zero-order valence-corrected chi connectivity index (χ0v) is 14.5. The highest BCUT2D eigenvalue weighted by Crippen LogP contribution is 2.10. The summed E-state index contributed by atoms with van der Waals surface area (Å²) in [6.07, 6.45) is 30.0. The van der Waals surface area contributed by atoms with E-state index in [4.69, 9.17) is 0 Å². The third-order valence-corrected chi connectivity index (χ3v) is 3.86. The van der Waals surface area contributed by atoms with E-state index in [9.17, 15) is 0 Å². The molecule has 0 aliphatic heterocycles. The second-order valence-electron chi connectivity index (χ2n) is 6.02. The van der Waals surface area contributed by atoms with Crippen LogP contribution < -0.4 is 0 Å². The van der Waals surface area contributed by atoms with Gasteiger partial charge in [-0.15, -0.1) is 6.58 Å². The Labute approximate surface area is 134 Å². The Bertz CT molecular complexity index is 247. The number of hydrogen-bond donors (Lipinski definition) is 0. The Morgan fingerprint density at radius 3 is 1.57 bits per heavy atom. The lowest BCUT2D eigenvalue weighted by Crippen LogP contribution is -1.80. The molecule has 0 aromatic carbocycles. The highest BCUT2D eigenvalue weighted by molar-refractivity contribution is 4.92. The van der Waals surface area contributed by atoms with Crippen LogP contribution in [0.25, 0.3) is 0 Å². The normalized spacial score (nSPS) is 11.7. The summed E-state index contributed by atoms with van der Waals surface area (Å²) in [5, 5.41) is 0. The Balaban J connectivity index is 3.13. The summed E-state index contributed by atoms with van der Waals surface area (Å²) in [4.78, 5) is 0. The lowest BCUT2D eigenvalue weighted by molar-refractivity contribution is 0.583. The van der Waals surface area contributed by atoms with E-state index in [1.54, 1.807) is 0 Å². The molecule has 0 aromatic heterocycles. The highest BCUT2D eigenvalue weighted by atomic mass is 14.0. The molecule has 0 nitrogen and oxygen atoms in total. The molecule has 0 saturated heterocycles. The molecule has 0 amide bonds. The molecule has 0 rings (SSSR count). The molecule has 0 spiro atoms. The number of unbranched alkanes of at least 4 members (excludes halogenated alkanes) is 11. The Hall–Kier alpha value is -0.780. The van der Waals surface area contributed by atoms with Crippen LogP contribution in [0.15, 0.2) is 37.0 Å². The molecule has 0 heterocycles. The van der Waals surface area contributed by atoms with E-state index in [1.165, 1.54) is 83.5 Å². The van der Waals surface area contributed by atoms with Crippen LogP contribution in [0.5, 0.6) is 0 Å². The van der Waals surface area contributed by atoms with Crippen molar-refractivity contribution in [2.45, 2.75) is 96.8 Å². The average molecular weight is 291 g/mol. The van der Waals surface area contributed by atoms with E-state index >= 15 is 0 Å². The number of allylic oxidation sites excluding steroid dienone is 5. The van der Waals surface area contributed by atoms with Crippen molar-refractivity contribution in [3.05, 3.63) is 37.0 Å². The fourth-order valence-corrected chi connectivity index (χ4v) is 2.45. The molecule has 21 heavy (non-hydrogen) atoms. The van der Waals surface area contributed by atoms with E-state index in [1.807, 2.05) is 6.08 Å². The van der Waals surface area contributed by atoms with Gasteiger partial charge in [0.15, 0.2) is 0 Å². The van der Waals surface area contributed by atoms with Gasteiger partial charge in [0.05, 0.1) is 0 Å². The summed E-state index contributed by atoms with van der Waals surface area (Å²) in [6, 6.07) is 0. The van der Waals surface area contributed by atoms with Crippen LogP contribution in [0.3, 0.4) is 0 Å². The third-order valence-electron chi connectivity index (χ3n) is 3.86. The van der Waals surface area contributed by atoms with E-state index in [0.29, 0.717) is 0 Å². The van der Waals surface area contributed by atoms with Gasteiger partial charge < -0.3 is 0 Å². The smallest absolute Gasteiger partial charge is 0.0169 e. The minimum Gasteiger partial charge on any atom is -0.103 e. The zero-order chi connectivity index (χ0) is 15.4. The summed E-state index contributed by atoms with van der Waals surface area (Å²) in [6.45, 7) is 6.02. The predicted molar refractivity (Wildman–Crippen MR) is 98.8 cm³/mol. The number of rotatable bonds is 16. The summed E-state index contributed by atoms with van der Waals surface area (Å²) >= 11 is 0. The molecule has 0 heteroatoms. The van der Waals surface area contributed by atoms with Gasteiger partial charge in [0.2, 0.25) is 0 Å². The van der Waals surface area contributed by atoms with Crippen molar-refractivity contribution >= 4 is 0 Å².